The van der Waals surface area contributed by atoms with E-state index >= 15 is 0 Å². The fourth-order valence-corrected chi connectivity index (χ4v) is 7.00. The van der Waals surface area contributed by atoms with Gasteiger partial charge in [-0.2, -0.15) is 0 Å². The number of carbonyl (C=O) groups is 1. The molecule has 1 aliphatic heterocycles. The summed E-state index contributed by atoms with van der Waals surface area (Å²) in [4.78, 5) is 14.4. The lowest BCUT2D eigenvalue weighted by Gasteiger charge is -2.42. The molecule has 0 saturated heterocycles. The molecule has 1 N–H and O–H groups in total. The van der Waals surface area contributed by atoms with Crippen molar-refractivity contribution >= 4 is 29.1 Å². The lowest BCUT2D eigenvalue weighted by atomic mass is 9.76. The Balaban J connectivity index is 1.80. The minimum absolute atomic E-state index is 0.152. The molecule has 0 amide bonds. The molecule has 160 valence electrons. The summed E-state index contributed by atoms with van der Waals surface area (Å²) in [5, 5.41) is 8.75. The van der Waals surface area contributed by atoms with E-state index in [2.05, 4.69) is 70.7 Å². The average molecular weight is 441 g/mol. The van der Waals surface area contributed by atoms with Gasteiger partial charge in [0.05, 0.1) is 4.88 Å². The third-order valence-corrected chi connectivity index (χ3v) is 7.93. The van der Waals surface area contributed by atoms with Crippen molar-refractivity contribution in [3.05, 3.63) is 50.7 Å². The van der Waals surface area contributed by atoms with Crippen molar-refractivity contribution < 1.29 is 9.90 Å². The van der Waals surface area contributed by atoms with Crippen LogP contribution in [-0.4, -0.2) is 15.8 Å². The molecular formula is C26H32O2S2. The number of benzene rings is 1. The van der Waals surface area contributed by atoms with Gasteiger partial charge in [0, 0.05) is 26.5 Å². The van der Waals surface area contributed by atoms with Crippen LogP contribution >= 0.6 is 23.1 Å². The van der Waals surface area contributed by atoms with Gasteiger partial charge in [-0.25, -0.2) is 0 Å². The van der Waals surface area contributed by atoms with Crippen LogP contribution in [0.2, 0.25) is 0 Å². The first kappa shape index (κ1) is 23.0. The van der Waals surface area contributed by atoms with E-state index in [4.69, 9.17) is 5.11 Å². The van der Waals surface area contributed by atoms with E-state index in [1.54, 1.807) is 11.3 Å². The number of carboxylic acids is 1. The van der Waals surface area contributed by atoms with E-state index in [1.807, 2.05) is 11.8 Å². The zero-order valence-corrected chi connectivity index (χ0v) is 20.4. The highest BCUT2D eigenvalue weighted by Gasteiger charge is 2.38. The minimum Gasteiger partial charge on any atom is -0.481 e. The van der Waals surface area contributed by atoms with E-state index in [1.165, 1.54) is 20.9 Å². The Morgan fingerprint density at radius 3 is 2.60 bits per heavy atom. The molecule has 0 spiro atoms. The highest BCUT2D eigenvalue weighted by atomic mass is 32.2. The smallest absolute Gasteiger partial charge is 0.303 e. The maximum atomic E-state index is 10.6. The van der Waals surface area contributed by atoms with E-state index < -0.39 is 5.97 Å². The van der Waals surface area contributed by atoms with Gasteiger partial charge >= 0.3 is 5.97 Å². The molecule has 3 rings (SSSR count). The number of unbranched alkanes of at least 4 members (excludes halogenated alkanes) is 1. The highest BCUT2D eigenvalue weighted by Crippen LogP contribution is 2.51. The Morgan fingerprint density at radius 2 is 1.90 bits per heavy atom. The zero-order chi connectivity index (χ0) is 21.9. The van der Waals surface area contributed by atoms with Crippen LogP contribution < -0.4 is 0 Å². The number of aliphatic carboxylic acids is 1. The van der Waals surface area contributed by atoms with E-state index in [0.29, 0.717) is 0 Å². The molecule has 4 heteroatoms. The Kier molecular flexibility index (Phi) is 7.05. The van der Waals surface area contributed by atoms with Crippen LogP contribution in [-0.2, 0) is 23.1 Å². The second-order valence-corrected chi connectivity index (χ2v) is 12.3. The van der Waals surface area contributed by atoms with Crippen molar-refractivity contribution in [1.29, 1.82) is 0 Å². The number of hydrogen-bond acceptors (Lipinski definition) is 3. The van der Waals surface area contributed by atoms with Gasteiger partial charge in [-0.1, -0.05) is 46.5 Å². The van der Waals surface area contributed by atoms with Crippen LogP contribution in [0.4, 0.5) is 0 Å². The normalized spacial score (nSPS) is 16.4. The van der Waals surface area contributed by atoms with Crippen molar-refractivity contribution in [1.82, 2.24) is 0 Å². The van der Waals surface area contributed by atoms with E-state index in [0.717, 1.165) is 42.5 Å². The lowest BCUT2D eigenvalue weighted by molar-refractivity contribution is -0.137. The lowest BCUT2D eigenvalue weighted by Crippen LogP contribution is -2.33. The summed E-state index contributed by atoms with van der Waals surface area (Å²) in [6, 6.07) is 8.93. The summed E-state index contributed by atoms with van der Waals surface area (Å²) >= 11 is 3.73. The zero-order valence-electron chi connectivity index (χ0n) is 18.7. The number of thioether (sulfide) groups is 1. The number of carboxylic acid groups (broad SMARTS) is 1. The molecule has 2 heterocycles. The molecule has 1 aromatic heterocycles. The molecule has 2 aromatic rings. The predicted octanol–water partition coefficient (Wildman–Crippen LogP) is 7.06. The standard InChI is InChI=1S/C26H32O2S2/c1-6-18-16-23-22(25(2,3)17-26(4,5)30-23)15-19(18)11-12-21-14-13-20(29-21)9-7-8-10-24(27)28/h13-16H,6-10,17H2,1-5H3,(H,27,28). The molecule has 0 fully saturated rings. The first-order chi connectivity index (χ1) is 14.1. The Labute approximate surface area is 189 Å². The molecule has 0 radical (unpaired) electrons. The van der Waals surface area contributed by atoms with Crippen LogP contribution in [0, 0.1) is 11.8 Å². The van der Waals surface area contributed by atoms with Gasteiger partial charge < -0.3 is 5.11 Å². The monoisotopic (exact) mass is 440 g/mol. The molecular weight excluding hydrogens is 408 g/mol. The van der Waals surface area contributed by atoms with E-state index in [9.17, 15) is 4.79 Å². The largest absolute Gasteiger partial charge is 0.481 e. The molecule has 0 saturated carbocycles. The number of rotatable bonds is 6. The maximum absolute atomic E-state index is 10.6. The van der Waals surface area contributed by atoms with Gasteiger partial charge in [0.15, 0.2) is 0 Å². The summed E-state index contributed by atoms with van der Waals surface area (Å²) in [5.74, 6) is 6.13. The summed E-state index contributed by atoms with van der Waals surface area (Å²) < 4.78 is 0.256. The number of aryl methyl sites for hydroxylation is 2. The Bertz CT molecular complexity index is 986. The van der Waals surface area contributed by atoms with Gasteiger partial charge in [-0.15, -0.1) is 23.1 Å². The fourth-order valence-electron chi connectivity index (χ4n) is 4.42. The molecule has 30 heavy (non-hydrogen) atoms. The first-order valence-electron chi connectivity index (χ1n) is 10.8. The second-order valence-electron chi connectivity index (χ2n) is 9.40. The molecule has 1 aromatic carbocycles. The van der Waals surface area contributed by atoms with Crippen LogP contribution in [0.5, 0.6) is 0 Å². The summed E-state index contributed by atoms with van der Waals surface area (Å²) in [5.41, 5.74) is 4.06. The molecule has 0 aliphatic carbocycles. The van der Waals surface area contributed by atoms with Crippen LogP contribution in [0.3, 0.4) is 0 Å². The van der Waals surface area contributed by atoms with Crippen LogP contribution in [0.15, 0.2) is 29.2 Å². The van der Waals surface area contributed by atoms with Crippen molar-refractivity contribution in [2.75, 3.05) is 0 Å². The Hall–Kier alpha value is -1.70. The molecule has 0 bridgehead atoms. The highest BCUT2D eigenvalue weighted by molar-refractivity contribution is 8.00. The first-order valence-corrected chi connectivity index (χ1v) is 12.4. The minimum atomic E-state index is -0.713. The molecule has 0 unspecified atom stereocenters. The maximum Gasteiger partial charge on any atom is 0.303 e. The summed E-state index contributed by atoms with van der Waals surface area (Å²) in [7, 11) is 0. The molecule has 0 atom stereocenters. The average Bonchev–Trinajstić information content (AvgIpc) is 3.09. The SMILES string of the molecule is CCc1cc2c(cc1C#Cc1ccc(CCCCC(=O)O)s1)C(C)(C)CC(C)(C)S2. The fraction of sp³-hybridized carbons (Fsp3) is 0.500. The van der Waals surface area contributed by atoms with Crippen molar-refractivity contribution in [3.8, 4) is 11.8 Å². The third kappa shape index (κ3) is 5.71. The van der Waals surface area contributed by atoms with E-state index in [-0.39, 0.29) is 16.6 Å². The van der Waals surface area contributed by atoms with Gasteiger partial charge in [0.2, 0.25) is 0 Å². The summed E-state index contributed by atoms with van der Waals surface area (Å²) in [6.45, 7) is 11.6. The number of hydrogen-bond donors (Lipinski definition) is 1. The van der Waals surface area contributed by atoms with Crippen LogP contribution in [0.1, 0.15) is 86.7 Å². The second kappa shape index (κ2) is 9.20. The van der Waals surface area contributed by atoms with Gasteiger partial charge in [-0.3, -0.25) is 4.79 Å². The van der Waals surface area contributed by atoms with Gasteiger partial charge in [0.25, 0.3) is 0 Å². The van der Waals surface area contributed by atoms with Gasteiger partial charge in [-0.05, 0) is 72.9 Å². The van der Waals surface area contributed by atoms with Crippen molar-refractivity contribution in [2.45, 2.75) is 88.2 Å². The topological polar surface area (TPSA) is 37.3 Å². The predicted molar refractivity (Wildman–Crippen MR) is 129 cm³/mol. The summed E-state index contributed by atoms with van der Waals surface area (Å²) in [6.07, 6.45) is 4.97. The third-order valence-electron chi connectivity index (χ3n) is 5.62. The quantitative estimate of drug-likeness (QED) is 0.386. The van der Waals surface area contributed by atoms with Gasteiger partial charge in [0.1, 0.15) is 0 Å². The van der Waals surface area contributed by atoms with Crippen molar-refractivity contribution in [2.24, 2.45) is 0 Å². The Morgan fingerprint density at radius 1 is 1.13 bits per heavy atom. The molecule has 1 aliphatic rings. The number of thiophene rings is 1. The molecule has 2 nitrogen and oxygen atoms in total. The van der Waals surface area contributed by atoms with Crippen molar-refractivity contribution in [3.63, 3.8) is 0 Å². The van der Waals surface area contributed by atoms with Crippen LogP contribution in [0.25, 0.3) is 0 Å². The number of fused-ring (bicyclic) bond motifs is 1.